The number of esters is 1. The average molecular weight is 559 g/mol. The molecule has 0 bridgehead atoms. The minimum atomic E-state index is -0.798. The van der Waals surface area contributed by atoms with Crippen molar-refractivity contribution >= 4 is 34.2 Å². The molecule has 4 aromatic rings. The average Bonchev–Trinajstić information content (AvgIpc) is 3.25. The third kappa shape index (κ3) is 4.88. The normalized spacial score (nSPS) is 15.1. The lowest BCUT2D eigenvalue weighted by Gasteiger charge is -2.25. The van der Waals surface area contributed by atoms with E-state index in [1.807, 2.05) is 50.2 Å². The highest BCUT2D eigenvalue weighted by Crippen LogP contribution is 2.36. The highest BCUT2D eigenvalue weighted by molar-refractivity contribution is 7.07. The van der Waals surface area contributed by atoms with Crippen molar-refractivity contribution in [3.63, 3.8) is 0 Å². The molecule has 0 aliphatic carbocycles. The zero-order valence-corrected chi connectivity index (χ0v) is 23.6. The number of allylic oxidation sites excluding steroid dienone is 1. The lowest BCUT2D eigenvalue weighted by Crippen LogP contribution is -2.40. The number of aromatic hydroxyl groups is 1. The minimum absolute atomic E-state index is 0.0670. The summed E-state index contributed by atoms with van der Waals surface area (Å²) in [6.45, 7) is 8.30. The number of fused-ring (bicyclic) bond motifs is 2. The van der Waals surface area contributed by atoms with Crippen molar-refractivity contribution < 1.29 is 24.1 Å². The molecule has 0 amide bonds. The molecule has 206 valence electrons. The van der Waals surface area contributed by atoms with E-state index in [0.717, 1.165) is 10.8 Å². The fourth-order valence-electron chi connectivity index (χ4n) is 4.91. The van der Waals surface area contributed by atoms with Crippen LogP contribution in [0.25, 0.3) is 16.8 Å². The van der Waals surface area contributed by atoms with Crippen LogP contribution in [0.5, 0.6) is 17.2 Å². The van der Waals surface area contributed by atoms with Gasteiger partial charge in [-0.15, -0.1) is 0 Å². The number of ether oxygens (including phenoxy) is 3. The molecule has 1 aromatic heterocycles. The van der Waals surface area contributed by atoms with Crippen molar-refractivity contribution in [3.05, 3.63) is 96.7 Å². The summed E-state index contributed by atoms with van der Waals surface area (Å²) in [6.07, 6.45) is 1.69. The van der Waals surface area contributed by atoms with Gasteiger partial charge in [0.2, 0.25) is 0 Å². The molecule has 3 aromatic carbocycles. The first-order valence-corrected chi connectivity index (χ1v) is 14.0. The monoisotopic (exact) mass is 558 g/mol. The van der Waals surface area contributed by atoms with Gasteiger partial charge in [-0.25, -0.2) is 9.79 Å². The topological polar surface area (TPSA) is 99.4 Å². The van der Waals surface area contributed by atoms with Gasteiger partial charge in [0.1, 0.15) is 5.75 Å². The Hall–Kier alpha value is -4.37. The van der Waals surface area contributed by atoms with E-state index >= 15 is 0 Å². The Labute approximate surface area is 235 Å². The van der Waals surface area contributed by atoms with Crippen molar-refractivity contribution in [3.8, 4) is 17.2 Å². The first kappa shape index (κ1) is 27.2. The summed E-state index contributed by atoms with van der Waals surface area (Å²) in [5, 5.41) is 12.5. The van der Waals surface area contributed by atoms with Gasteiger partial charge >= 0.3 is 5.97 Å². The van der Waals surface area contributed by atoms with Crippen LogP contribution in [-0.2, 0) is 9.53 Å². The van der Waals surface area contributed by atoms with Gasteiger partial charge in [-0.1, -0.05) is 47.7 Å². The van der Waals surface area contributed by atoms with E-state index < -0.39 is 12.0 Å². The summed E-state index contributed by atoms with van der Waals surface area (Å²) in [6, 6.07) is 15.7. The number of hydrogen-bond donors (Lipinski definition) is 1. The molecule has 0 unspecified atom stereocenters. The number of phenols is 1. The molecule has 1 atom stereocenters. The number of carbonyl (C=O) groups is 1. The number of hydrogen-bond acceptors (Lipinski definition) is 8. The lowest BCUT2D eigenvalue weighted by molar-refractivity contribution is -0.139. The number of carbonyl (C=O) groups excluding carboxylic acids is 1. The van der Waals surface area contributed by atoms with Gasteiger partial charge in [0.25, 0.3) is 5.56 Å². The lowest BCUT2D eigenvalue weighted by atomic mass is 9.95. The highest BCUT2D eigenvalue weighted by Gasteiger charge is 2.34. The van der Waals surface area contributed by atoms with Crippen molar-refractivity contribution in [1.82, 2.24) is 4.57 Å². The second kappa shape index (κ2) is 11.4. The van der Waals surface area contributed by atoms with Crippen LogP contribution in [0.1, 0.15) is 44.9 Å². The predicted octanol–water partition coefficient (Wildman–Crippen LogP) is 4.45. The smallest absolute Gasteiger partial charge is 0.338 e. The van der Waals surface area contributed by atoms with Crippen LogP contribution in [0.3, 0.4) is 0 Å². The maximum absolute atomic E-state index is 14.0. The fraction of sp³-hybridized carbons (Fsp3) is 0.258. The number of benzene rings is 3. The summed E-state index contributed by atoms with van der Waals surface area (Å²) in [7, 11) is 0. The second-order valence-corrected chi connectivity index (χ2v) is 10.1. The van der Waals surface area contributed by atoms with E-state index in [2.05, 4.69) is 4.99 Å². The van der Waals surface area contributed by atoms with Gasteiger partial charge in [0.05, 0.1) is 41.7 Å². The molecule has 1 aliphatic heterocycles. The van der Waals surface area contributed by atoms with Crippen LogP contribution in [0.4, 0.5) is 0 Å². The third-order valence-corrected chi connectivity index (χ3v) is 7.61. The predicted molar refractivity (Wildman–Crippen MR) is 155 cm³/mol. The van der Waals surface area contributed by atoms with Crippen LogP contribution in [0.15, 0.2) is 75.7 Å². The number of nitrogens with zero attached hydrogens (tertiary/aromatic N) is 2. The van der Waals surface area contributed by atoms with Gasteiger partial charge < -0.3 is 19.3 Å². The van der Waals surface area contributed by atoms with Crippen LogP contribution in [0.2, 0.25) is 0 Å². The van der Waals surface area contributed by atoms with Gasteiger partial charge in [0, 0.05) is 5.56 Å². The zero-order valence-electron chi connectivity index (χ0n) is 22.8. The second-order valence-electron chi connectivity index (χ2n) is 9.09. The first-order valence-electron chi connectivity index (χ1n) is 13.2. The summed E-state index contributed by atoms with van der Waals surface area (Å²) < 4.78 is 18.9. The van der Waals surface area contributed by atoms with Gasteiger partial charge in [-0.05, 0) is 68.3 Å². The Bertz CT molecular complexity index is 1820. The van der Waals surface area contributed by atoms with E-state index in [1.165, 1.54) is 15.9 Å². The molecule has 8 nitrogen and oxygen atoms in total. The number of phenolic OH excluding ortho intramolecular Hbond substituents is 1. The van der Waals surface area contributed by atoms with Crippen molar-refractivity contribution in [1.29, 1.82) is 0 Å². The molecule has 0 radical (unpaired) electrons. The maximum Gasteiger partial charge on any atom is 0.338 e. The summed E-state index contributed by atoms with van der Waals surface area (Å²) in [5.74, 6) is 0.617. The number of rotatable bonds is 8. The summed E-state index contributed by atoms with van der Waals surface area (Å²) in [5.41, 5.74) is 1.62. The van der Waals surface area contributed by atoms with Crippen molar-refractivity contribution in [2.24, 2.45) is 4.99 Å². The molecule has 40 heavy (non-hydrogen) atoms. The molecular formula is C31H30N2O6S. The molecule has 9 heteroatoms. The van der Waals surface area contributed by atoms with Crippen LogP contribution >= 0.6 is 11.3 Å². The van der Waals surface area contributed by atoms with E-state index in [0.29, 0.717) is 50.9 Å². The first-order chi connectivity index (χ1) is 19.4. The summed E-state index contributed by atoms with van der Waals surface area (Å²) >= 11 is 1.20. The van der Waals surface area contributed by atoms with E-state index in [4.69, 9.17) is 14.2 Å². The quantitative estimate of drug-likeness (QED) is 0.321. The van der Waals surface area contributed by atoms with E-state index in [1.54, 1.807) is 38.1 Å². The maximum atomic E-state index is 14.0. The number of aromatic nitrogens is 1. The Kier molecular flexibility index (Phi) is 7.75. The van der Waals surface area contributed by atoms with Crippen LogP contribution < -0.4 is 24.4 Å². The SMILES string of the molecule is CCOC(=O)C1=C(C)N=c2s/c(=C\c3c(O)ccc4ccccc34)c(=O)n2[C@H]1c1ccc(OCC)c(OCC)c1. The Morgan fingerprint density at radius 3 is 2.52 bits per heavy atom. The Morgan fingerprint density at radius 2 is 1.77 bits per heavy atom. The molecule has 1 N–H and O–H groups in total. The fourth-order valence-corrected chi connectivity index (χ4v) is 5.94. The summed E-state index contributed by atoms with van der Waals surface area (Å²) in [4.78, 5) is 32.3. The molecule has 1 aliphatic rings. The van der Waals surface area contributed by atoms with Crippen LogP contribution in [-0.4, -0.2) is 35.5 Å². The minimum Gasteiger partial charge on any atom is -0.507 e. The van der Waals surface area contributed by atoms with E-state index in [9.17, 15) is 14.7 Å². The zero-order chi connectivity index (χ0) is 28.4. The standard InChI is InChI=1S/C31H30N2O6S/c1-5-37-24-15-13-20(16-25(24)38-6-2)28-27(30(36)39-7-3)18(4)32-31-33(28)29(35)26(40-31)17-22-21-11-9-8-10-19(21)12-14-23(22)34/h8-17,28,34H,5-7H2,1-4H3/b26-17-/t28-/m0/s1. The molecular weight excluding hydrogens is 528 g/mol. The van der Waals surface area contributed by atoms with Gasteiger partial charge in [-0.3, -0.25) is 9.36 Å². The number of thiazole rings is 1. The molecule has 0 saturated carbocycles. The molecule has 0 fully saturated rings. The third-order valence-electron chi connectivity index (χ3n) is 6.62. The molecule has 0 spiro atoms. The largest absolute Gasteiger partial charge is 0.507 e. The Morgan fingerprint density at radius 1 is 1.02 bits per heavy atom. The molecule has 2 heterocycles. The van der Waals surface area contributed by atoms with Crippen molar-refractivity contribution in [2.75, 3.05) is 19.8 Å². The highest BCUT2D eigenvalue weighted by atomic mass is 32.1. The van der Waals surface area contributed by atoms with Gasteiger partial charge in [-0.2, -0.15) is 0 Å². The Balaban J connectivity index is 1.76. The molecule has 0 saturated heterocycles. The van der Waals surface area contributed by atoms with E-state index in [-0.39, 0.29) is 23.5 Å². The van der Waals surface area contributed by atoms with Crippen LogP contribution in [0, 0.1) is 0 Å². The van der Waals surface area contributed by atoms with Crippen molar-refractivity contribution in [2.45, 2.75) is 33.7 Å². The molecule has 5 rings (SSSR count). The van der Waals surface area contributed by atoms with Gasteiger partial charge in [0.15, 0.2) is 16.3 Å².